The molecule has 40 heavy (non-hydrogen) atoms. The van der Waals surface area contributed by atoms with Gasteiger partial charge in [0.2, 0.25) is 0 Å². The maximum absolute atomic E-state index is 14.0. The van der Waals surface area contributed by atoms with Gasteiger partial charge in [-0.15, -0.1) is 0 Å². The lowest BCUT2D eigenvalue weighted by Crippen LogP contribution is -2.38. The van der Waals surface area contributed by atoms with Crippen LogP contribution in [0.1, 0.15) is 34.7 Å². The van der Waals surface area contributed by atoms with Crippen molar-refractivity contribution in [3.05, 3.63) is 138 Å². The Hall–Kier alpha value is -3.10. The zero-order valence-electron chi connectivity index (χ0n) is 21.0. The highest BCUT2D eigenvalue weighted by molar-refractivity contribution is 14.1. The molecule has 6 rings (SSSR count). The number of nitro groups is 1. The quantitative estimate of drug-likeness (QED) is 0.104. The molecule has 0 amide bonds. The fourth-order valence-corrected chi connectivity index (χ4v) is 8.35. The summed E-state index contributed by atoms with van der Waals surface area (Å²) < 4.78 is 9.94. The second-order valence-electron chi connectivity index (χ2n) is 9.38. The molecule has 3 aromatic carbocycles. The van der Waals surface area contributed by atoms with E-state index in [1.54, 1.807) is 22.8 Å². The Balaban J connectivity index is 1.56. The first-order valence-electron chi connectivity index (χ1n) is 12.5. The minimum Gasteiger partial charge on any atom is -0.487 e. The van der Waals surface area contributed by atoms with Crippen LogP contribution in [-0.2, 0) is 6.42 Å². The van der Waals surface area contributed by atoms with Gasteiger partial charge >= 0.3 is 0 Å². The third-order valence-corrected chi connectivity index (χ3v) is 9.52. The normalized spacial score (nSPS) is 16.1. The summed E-state index contributed by atoms with van der Waals surface area (Å²) in [6.07, 6.45) is 5.12. The number of nitrogens with zero attached hydrogens (tertiary/aromatic N) is 3. The predicted molar refractivity (Wildman–Crippen MR) is 173 cm³/mol. The van der Waals surface area contributed by atoms with E-state index in [2.05, 4.69) is 63.9 Å². The van der Waals surface area contributed by atoms with Crippen molar-refractivity contribution in [3.8, 4) is 5.75 Å². The van der Waals surface area contributed by atoms with E-state index in [-0.39, 0.29) is 11.2 Å². The molecule has 1 aliphatic carbocycles. The van der Waals surface area contributed by atoms with Crippen LogP contribution in [0, 0.1) is 17.3 Å². The summed E-state index contributed by atoms with van der Waals surface area (Å²) in [5.41, 5.74) is 5.55. The van der Waals surface area contributed by atoms with Crippen molar-refractivity contribution in [1.29, 1.82) is 0 Å². The lowest BCUT2D eigenvalue weighted by Gasteiger charge is -2.30. The number of non-ortho nitro benzene ring substituents is 1. The van der Waals surface area contributed by atoms with Gasteiger partial charge in [-0.2, -0.15) is 0 Å². The first kappa shape index (κ1) is 27.1. The van der Waals surface area contributed by atoms with Crippen molar-refractivity contribution in [2.24, 2.45) is 4.99 Å². The molecule has 7 nitrogen and oxygen atoms in total. The molecule has 2 aliphatic rings. The van der Waals surface area contributed by atoms with E-state index in [0.29, 0.717) is 27.9 Å². The number of fused-ring (bicyclic) bond motifs is 3. The topological polar surface area (TPSA) is 86.7 Å². The molecule has 2 heterocycles. The fourth-order valence-electron chi connectivity index (χ4n) is 5.23. The van der Waals surface area contributed by atoms with Crippen molar-refractivity contribution in [3.63, 3.8) is 0 Å². The van der Waals surface area contributed by atoms with Crippen molar-refractivity contribution < 1.29 is 9.66 Å². The molecule has 0 N–H and O–H groups in total. The standard InChI is InChI=1S/C30H21I2N3O4S/c1-2-12-39-28-23(31)13-17(14-24(28)32)15-25-29(36)34-27(19-7-5-8-20(16-19)35(37)38)22-11-10-18-6-3-4-9-21(18)26(22)33-30(34)40-25/h2-9,13-16,27H,1,10-12H2/b25-15+. The van der Waals surface area contributed by atoms with Gasteiger partial charge in [-0.25, -0.2) is 4.99 Å². The summed E-state index contributed by atoms with van der Waals surface area (Å²) in [6.45, 7) is 4.13. The first-order chi connectivity index (χ1) is 19.4. The van der Waals surface area contributed by atoms with Gasteiger partial charge in [-0.05, 0) is 98.5 Å². The Kier molecular flexibility index (Phi) is 7.48. The molecule has 4 aromatic rings. The molecular weight excluding hydrogens is 752 g/mol. The lowest BCUT2D eigenvalue weighted by molar-refractivity contribution is -0.384. The van der Waals surface area contributed by atoms with Crippen molar-refractivity contribution in [2.45, 2.75) is 18.9 Å². The molecule has 1 aliphatic heterocycles. The number of rotatable bonds is 6. The summed E-state index contributed by atoms with van der Waals surface area (Å²) in [6, 6.07) is 18.3. The molecule has 0 fully saturated rings. The average molecular weight is 773 g/mol. The van der Waals surface area contributed by atoms with Crippen LogP contribution in [0.15, 0.2) is 88.7 Å². The number of allylic oxidation sites excluding steroid dienone is 1. The summed E-state index contributed by atoms with van der Waals surface area (Å²) in [5, 5.41) is 11.6. The average Bonchev–Trinajstić information content (AvgIpc) is 3.25. The van der Waals surface area contributed by atoms with Gasteiger partial charge < -0.3 is 4.74 Å². The van der Waals surface area contributed by atoms with E-state index in [0.717, 1.165) is 41.7 Å². The molecule has 0 bridgehead atoms. The highest BCUT2D eigenvalue weighted by Crippen LogP contribution is 2.41. The zero-order valence-corrected chi connectivity index (χ0v) is 26.1. The Bertz CT molecular complexity index is 1900. The van der Waals surface area contributed by atoms with Gasteiger partial charge in [0.15, 0.2) is 4.80 Å². The van der Waals surface area contributed by atoms with Crippen LogP contribution in [0.3, 0.4) is 0 Å². The minimum absolute atomic E-state index is 0.00194. The molecule has 0 saturated carbocycles. The molecule has 1 atom stereocenters. The molecular formula is C30H21I2N3O4S. The second kappa shape index (κ2) is 11.1. The third-order valence-electron chi connectivity index (χ3n) is 6.93. The van der Waals surface area contributed by atoms with E-state index < -0.39 is 11.0 Å². The van der Waals surface area contributed by atoms with E-state index in [1.807, 2.05) is 36.4 Å². The van der Waals surface area contributed by atoms with Crippen molar-refractivity contribution >= 4 is 74.0 Å². The monoisotopic (exact) mass is 773 g/mol. The van der Waals surface area contributed by atoms with Gasteiger partial charge in [0.25, 0.3) is 11.2 Å². The third kappa shape index (κ3) is 4.85. The molecule has 200 valence electrons. The van der Waals surface area contributed by atoms with E-state index >= 15 is 0 Å². The van der Waals surface area contributed by atoms with Crippen LogP contribution in [0.25, 0.3) is 11.8 Å². The number of aromatic nitrogens is 1. The largest absolute Gasteiger partial charge is 0.487 e. The molecule has 1 unspecified atom stereocenters. The maximum atomic E-state index is 14.0. The SMILES string of the molecule is C=CCOc1c(I)cc(/C=c2/sc3n(c2=O)C(c2cccc([N+](=O)[O-])c2)C2=C(N=3)c3ccccc3CC2)cc1I. The number of thiazole rings is 1. The number of ether oxygens (including phenoxy) is 1. The molecule has 1 aromatic heterocycles. The van der Waals surface area contributed by atoms with Gasteiger partial charge in [0.1, 0.15) is 12.4 Å². The van der Waals surface area contributed by atoms with Gasteiger partial charge in [0.05, 0.1) is 28.3 Å². The highest BCUT2D eigenvalue weighted by atomic mass is 127. The van der Waals surface area contributed by atoms with Crippen molar-refractivity contribution in [1.82, 2.24) is 4.57 Å². The Morgan fingerprint density at radius 1 is 1.12 bits per heavy atom. The number of nitro benzene ring substituents is 1. The molecule has 0 saturated heterocycles. The van der Waals surface area contributed by atoms with Crippen LogP contribution in [0.5, 0.6) is 5.75 Å². The molecule has 10 heteroatoms. The van der Waals surface area contributed by atoms with E-state index in [9.17, 15) is 14.9 Å². The van der Waals surface area contributed by atoms with Gasteiger partial charge in [0, 0.05) is 17.7 Å². The Morgan fingerprint density at radius 3 is 2.65 bits per heavy atom. The number of benzene rings is 3. The predicted octanol–water partition coefficient (Wildman–Crippen LogP) is 6.00. The lowest BCUT2D eigenvalue weighted by atomic mass is 9.83. The number of aryl methyl sites for hydroxylation is 1. The molecule has 0 spiro atoms. The van der Waals surface area contributed by atoms with Crippen LogP contribution >= 0.6 is 56.5 Å². The minimum atomic E-state index is -0.475. The Morgan fingerprint density at radius 2 is 1.90 bits per heavy atom. The zero-order chi connectivity index (χ0) is 28.0. The molecule has 0 radical (unpaired) electrons. The summed E-state index contributed by atoms with van der Waals surface area (Å²) in [7, 11) is 0. The van der Waals surface area contributed by atoms with Crippen LogP contribution < -0.4 is 19.6 Å². The first-order valence-corrected chi connectivity index (χ1v) is 15.4. The summed E-state index contributed by atoms with van der Waals surface area (Å²) in [5.74, 6) is 0.789. The summed E-state index contributed by atoms with van der Waals surface area (Å²) >= 11 is 5.81. The smallest absolute Gasteiger partial charge is 0.271 e. The van der Waals surface area contributed by atoms with Crippen LogP contribution in [0.2, 0.25) is 0 Å². The number of hydrogen-bond acceptors (Lipinski definition) is 6. The van der Waals surface area contributed by atoms with Crippen LogP contribution in [0.4, 0.5) is 5.69 Å². The van der Waals surface area contributed by atoms with E-state index in [4.69, 9.17) is 9.73 Å². The van der Waals surface area contributed by atoms with Gasteiger partial charge in [-0.3, -0.25) is 19.5 Å². The Labute approximate surface area is 260 Å². The number of halogens is 2. The maximum Gasteiger partial charge on any atom is 0.271 e. The van der Waals surface area contributed by atoms with Crippen molar-refractivity contribution in [2.75, 3.05) is 6.61 Å². The fraction of sp³-hybridized carbons (Fsp3) is 0.133. The number of hydrogen-bond donors (Lipinski definition) is 0. The van der Waals surface area contributed by atoms with Gasteiger partial charge in [-0.1, -0.05) is 60.4 Å². The van der Waals surface area contributed by atoms with Crippen LogP contribution in [-0.4, -0.2) is 16.1 Å². The summed E-state index contributed by atoms with van der Waals surface area (Å²) in [4.78, 5) is 30.8. The second-order valence-corrected chi connectivity index (χ2v) is 12.7. The van der Waals surface area contributed by atoms with E-state index in [1.165, 1.54) is 23.0 Å². The highest BCUT2D eigenvalue weighted by Gasteiger charge is 2.33.